The number of aromatic nitrogens is 1. The molecular weight excluding hydrogens is 241 g/mol. The monoisotopic (exact) mass is 250 g/mol. The Hall–Kier alpha value is -2.22. The maximum Gasteiger partial charge on any atom is 0.416 e. The Morgan fingerprint density at radius 3 is 2.44 bits per heavy atom. The van der Waals surface area contributed by atoms with Crippen molar-refractivity contribution in [2.45, 2.75) is 6.18 Å². The number of nitrogens with zero attached hydrogens (tertiary/aromatic N) is 2. The molecule has 0 fully saturated rings. The fourth-order valence-corrected chi connectivity index (χ4v) is 1.71. The van der Waals surface area contributed by atoms with E-state index in [1.54, 1.807) is 29.9 Å². The van der Waals surface area contributed by atoms with Crippen LogP contribution in [0.5, 0.6) is 0 Å². The van der Waals surface area contributed by atoms with Crippen LogP contribution >= 0.6 is 0 Å². The second-order valence-corrected chi connectivity index (χ2v) is 3.92. The van der Waals surface area contributed by atoms with Crippen LogP contribution in [0.4, 0.5) is 13.2 Å². The van der Waals surface area contributed by atoms with E-state index in [2.05, 4.69) is 0 Å². The molecule has 0 amide bonds. The molecule has 0 aliphatic heterocycles. The molecule has 0 N–H and O–H groups in total. The molecule has 0 radical (unpaired) electrons. The van der Waals surface area contributed by atoms with Gasteiger partial charge in [0.1, 0.15) is 11.8 Å². The summed E-state index contributed by atoms with van der Waals surface area (Å²) in [5.74, 6) is 0. The maximum absolute atomic E-state index is 12.6. The van der Waals surface area contributed by atoms with Gasteiger partial charge in [-0.05, 0) is 23.8 Å². The van der Waals surface area contributed by atoms with E-state index in [-0.39, 0.29) is 0 Å². The van der Waals surface area contributed by atoms with Gasteiger partial charge in [0, 0.05) is 18.8 Å². The summed E-state index contributed by atoms with van der Waals surface area (Å²) >= 11 is 0. The van der Waals surface area contributed by atoms with E-state index < -0.39 is 11.7 Å². The summed E-state index contributed by atoms with van der Waals surface area (Å²) in [4.78, 5) is 0. The van der Waals surface area contributed by atoms with Gasteiger partial charge in [0.2, 0.25) is 0 Å². The average Bonchev–Trinajstić information content (AvgIpc) is 2.70. The Morgan fingerprint density at radius 1 is 1.17 bits per heavy atom. The van der Waals surface area contributed by atoms with Gasteiger partial charge >= 0.3 is 6.18 Å². The van der Waals surface area contributed by atoms with Gasteiger partial charge in [-0.2, -0.15) is 18.4 Å². The molecular formula is C13H9F3N2. The standard InChI is InChI=1S/C13H9F3N2/c1-18-8-10(6-12(18)7-17)9-3-2-4-11(5-9)13(14,15)16/h2-6,8H,1H3. The number of rotatable bonds is 1. The lowest BCUT2D eigenvalue weighted by Crippen LogP contribution is -2.04. The molecule has 2 nitrogen and oxygen atoms in total. The summed E-state index contributed by atoms with van der Waals surface area (Å²) in [6.07, 6.45) is -2.73. The third kappa shape index (κ3) is 2.23. The molecule has 18 heavy (non-hydrogen) atoms. The van der Waals surface area contributed by atoms with Gasteiger partial charge in [-0.3, -0.25) is 0 Å². The van der Waals surface area contributed by atoms with Crippen LogP contribution in [-0.4, -0.2) is 4.57 Å². The number of benzene rings is 1. The number of hydrogen-bond donors (Lipinski definition) is 0. The molecule has 1 aromatic heterocycles. The van der Waals surface area contributed by atoms with Crippen molar-refractivity contribution in [1.82, 2.24) is 4.57 Å². The van der Waals surface area contributed by atoms with Crippen LogP contribution in [0.3, 0.4) is 0 Å². The highest BCUT2D eigenvalue weighted by atomic mass is 19.4. The largest absolute Gasteiger partial charge is 0.416 e. The smallest absolute Gasteiger partial charge is 0.342 e. The van der Waals surface area contributed by atoms with E-state index in [1.807, 2.05) is 6.07 Å². The molecule has 0 saturated carbocycles. The van der Waals surface area contributed by atoms with Gasteiger partial charge < -0.3 is 4.57 Å². The van der Waals surface area contributed by atoms with Gasteiger partial charge in [0.15, 0.2) is 0 Å². The van der Waals surface area contributed by atoms with E-state index in [1.165, 1.54) is 6.07 Å². The maximum atomic E-state index is 12.6. The van der Waals surface area contributed by atoms with Crippen LogP contribution in [0.25, 0.3) is 11.1 Å². The van der Waals surface area contributed by atoms with Crippen LogP contribution in [0, 0.1) is 11.3 Å². The van der Waals surface area contributed by atoms with Crippen molar-refractivity contribution >= 4 is 0 Å². The average molecular weight is 250 g/mol. The molecule has 0 spiro atoms. The fourth-order valence-electron chi connectivity index (χ4n) is 1.71. The molecule has 2 aromatic rings. The van der Waals surface area contributed by atoms with Crippen molar-refractivity contribution in [3.05, 3.63) is 47.8 Å². The summed E-state index contributed by atoms with van der Waals surface area (Å²) in [5, 5.41) is 8.81. The summed E-state index contributed by atoms with van der Waals surface area (Å²) in [5.41, 5.74) is 0.756. The number of nitriles is 1. The highest BCUT2D eigenvalue weighted by Crippen LogP contribution is 2.32. The predicted molar refractivity (Wildman–Crippen MR) is 60.6 cm³/mol. The number of hydrogen-bond acceptors (Lipinski definition) is 1. The Labute approximate surface area is 102 Å². The number of halogens is 3. The van der Waals surface area contributed by atoms with Crippen molar-refractivity contribution in [3.8, 4) is 17.2 Å². The van der Waals surface area contributed by atoms with Crippen molar-refractivity contribution in [3.63, 3.8) is 0 Å². The molecule has 0 saturated heterocycles. The van der Waals surface area contributed by atoms with Crippen LogP contribution in [0.15, 0.2) is 36.5 Å². The Bertz CT molecular complexity index is 618. The van der Waals surface area contributed by atoms with Gasteiger partial charge in [-0.1, -0.05) is 12.1 Å². The van der Waals surface area contributed by atoms with Crippen LogP contribution in [0.1, 0.15) is 11.3 Å². The normalized spacial score (nSPS) is 11.3. The minimum absolute atomic E-state index is 0.405. The lowest BCUT2D eigenvalue weighted by Gasteiger charge is -2.07. The fraction of sp³-hybridized carbons (Fsp3) is 0.154. The summed E-state index contributed by atoms with van der Waals surface area (Å²) in [7, 11) is 1.68. The van der Waals surface area contributed by atoms with E-state index in [0.717, 1.165) is 12.1 Å². The van der Waals surface area contributed by atoms with Crippen molar-refractivity contribution < 1.29 is 13.2 Å². The quantitative estimate of drug-likeness (QED) is 0.760. The van der Waals surface area contributed by atoms with Gasteiger partial charge in [0.25, 0.3) is 0 Å². The van der Waals surface area contributed by atoms with Crippen LogP contribution in [0.2, 0.25) is 0 Å². The van der Waals surface area contributed by atoms with Crippen molar-refractivity contribution in [1.29, 1.82) is 5.26 Å². The zero-order chi connectivity index (χ0) is 13.3. The van der Waals surface area contributed by atoms with Gasteiger partial charge in [0.05, 0.1) is 5.56 Å². The zero-order valence-corrected chi connectivity index (χ0v) is 9.49. The summed E-state index contributed by atoms with van der Waals surface area (Å²) in [6.45, 7) is 0. The van der Waals surface area contributed by atoms with Gasteiger partial charge in [-0.25, -0.2) is 0 Å². The summed E-state index contributed by atoms with van der Waals surface area (Å²) < 4.78 is 39.3. The van der Waals surface area contributed by atoms with E-state index in [4.69, 9.17) is 5.26 Å². The minimum atomic E-state index is -4.36. The third-order valence-corrected chi connectivity index (χ3v) is 2.64. The number of alkyl halides is 3. The highest BCUT2D eigenvalue weighted by Gasteiger charge is 2.30. The molecule has 2 rings (SSSR count). The first kappa shape index (κ1) is 12.2. The first-order chi connectivity index (χ1) is 8.41. The lowest BCUT2D eigenvalue weighted by atomic mass is 10.1. The molecule has 0 atom stereocenters. The molecule has 0 aliphatic carbocycles. The summed E-state index contributed by atoms with van der Waals surface area (Å²) in [6, 6.07) is 8.59. The van der Waals surface area contributed by atoms with Crippen LogP contribution in [-0.2, 0) is 13.2 Å². The molecule has 5 heteroatoms. The second kappa shape index (κ2) is 4.22. The molecule has 0 unspecified atom stereocenters. The van der Waals surface area contributed by atoms with E-state index in [9.17, 15) is 13.2 Å². The predicted octanol–water partition coefficient (Wildman–Crippen LogP) is 3.58. The SMILES string of the molecule is Cn1cc(-c2cccc(C(F)(F)F)c2)cc1C#N. The first-order valence-electron chi connectivity index (χ1n) is 5.16. The molecule has 1 aromatic carbocycles. The third-order valence-electron chi connectivity index (χ3n) is 2.64. The molecule has 0 aliphatic rings. The second-order valence-electron chi connectivity index (χ2n) is 3.92. The zero-order valence-electron chi connectivity index (χ0n) is 9.49. The van der Waals surface area contributed by atoms with Crippen molar-refractivity contribution in [2.24, 2.45) is 7.05 Å². The Kier molecular flexibility index (Phi) is 2.87. The van der Waals surface area contributed by atoms with E-state index in [0.29, 0.717) is 16.8 Å². The minimum Gasteiger partial charge on any atom is -0.342 e. The van der Waals surface area contributed by atoms with E-state index >= 15 is 0 Å². The lowest BCUT2D eigenvalue weighted by molar-refractivity contribution is -0.137. The molecule has 92 valence electrons. The Balaban J connectivity index is 2.48. The Morgan fingerprint density at radius 2 is 1.89 bits per heavy atom. The first-order valence-corrected chi connectivity index (χ1v) is 5.16. The highest BCUT2D eigenvalue weighted by molar-refractivity contribution is 5.65. The number of aryl methyl sites for hydroxylation is 1. The topological polar surface area (TPSA) is 28.7 Å². The molecule has 1 heterocycles. The molecule has 0 bridgehead atoms. The van der Waals surface area contributed by atoms with Crippen molar-refractivity contribution in [2.75, 3.05) is 0 Å². The van der Waals surface area contributed by atoms with Crippen LogP contribution < -0.4 is 0 Å². The van der Waals surface area contributed by atoms with Gasteiger partial charge in [-0.15, -0.1) is 0 Å².